The van der Waals surface area contributed by atoms with E-state index in [1.165, 1.54) is 5.56 Å². The van der Waals surface area contributed by atoms with Crippen molar-refractivity contribution in [2.24, 2.45) is 0 Å². The summed E-state index contributed by atoms with van der Waals surface area (Å²) in [6.45, 7) is 7.41. The fourth-order valence-corrected chi connectivity index (χ4v) is 2.67. The Balaban J connectivity index is 2.23. The molecule has 1 aliphatic heterocycles. The zero-order valence-corrected chi connectivity index (χ0v) is 12.2. The Kier molecular flexibility index (Phi) is 5.05. The van der Waals surface area contributed by atoms with Crippen molar-refractivity contribution in [2.45, 2.75) is 19.9 Å². The maximum Gasteiger partial charge on any atom is 0.130 e. The van der Waals surface area contributed by atoms with Gasteiger partial charge in [0.1, 0.15) is 11.5 Å². The third-order valence-corrected chi connectivity index (χ3v) is 3.68. The molecule has 1 aromatic rings. The van der Waals surface area contributed by atoms with Crippen LogP contribution in [0.2, 0.25) is 0 Å². The summed E-state index contributed by atoms with van der Waals surface area (Å²) in [5.74, 6) is 1.91. The Morgan fingerprint density at radius 3 is 2.47 bits per heavy atom. The second-order valence-corrected chi connectivity index (χ2v) is 4.82. The number of nitrogens with zero attached hydrogens (tertiary/aromatic N) is 1. The summed E-state index contributed by atoms with van der Waals surface area (Å²) in [6, 6.07) is 4.18. The molecule has 1 N–H and O–H groups in total. The molecule has 1 fully saturated rings. The number of hydrogen-bond acceptors (Lipinski definition) is 4. The van der Waals surface area contributed by atoms with Crippen LogP contribution in [0.4, 0.5) is 0 Å². The van der Waals surface area contributed by atoms with Crippen LogP contribution in [0.5, 0.6) is 11.5 Å². The van der Waals surface area contributed by atoms with Gasteiger partial charge in [0.2, 0.25) is 0 Å². The average Bonchev–Trinajstić information content (AvgIpc) is 2.47. The molecule has 0 aliphatic carbocycles. The predicted molar refractivity (Wildman–Crippen MR) is 77.1 cm³/mol. The van der Waals surface area contributed by atoms with Crippen molar-refractivity contribution in [3.05, 3.63) is 23.3 Å². The van der Waals surface area contributed by atoms with Gasteiger partial charge >= 0.3 is 0 Å². The molecule has 0 aromatic heterocycles. The van der Waals surface area contributed by atoms with Crippen LogP contribution in [0.3, 0.4) is 0 Å². The number of ether oxygens (including phenoxy) is 2. The zero-order valence-electron chi connectivity index (χ0n) is 12.2. The lowest BCUT2D eigenvalue weighted by Gasteiger charge is -2.28. The Morgan fingerprint density at radius 1 is 1.16 bits per heavy atom. The quantitative estimate of drug-likeness (QED) is 0.877. The zero-order chi connectivity index (χ0) is 13.7. The fraction of sp³-hybridized carbons (Fsp3) is 0.600. The molecule has 2 rings (SSSR count). The van der Waals surface area contributed by atoms with Crippen LogP contribution in [0.1, 0.15) is 18.1 Å². The highest BCUT2D eigenvalue weighted by Gasteiger charge is 2.17. The summed E-state index contributed by atoms with van der Waals surface area (Å²) in [6.07, 6.45) is 0.918. The molecule has 0 amide bonds. The summed E-state index contributed by atoms with van der Waals surface area (Å²) in [4.78, 5) is 2.46. The second-order valence-electron chi connectivity index (χ2n) is 4.82. The van der Waals surface area contributed by atoms with Gasteiger partial charge in [0.15, 0.2) is 0 Å². The average molecular weight is 264 g/mol. The monoisotopic (exact) mass is 264 g/mol. The Morgan fingerprint density at radius 2 is 1.89 bits per heavy atom. The van der Waals surface area contributed by atoms with E-state index < -0.39 is 0 Å². The van der Waals surface area contributed by atoms with E-state index in [1.807, 2.05) is 0 Å². The van der Waals surface area contributed by atoms with Gasteiger partial charge in [-0.2, -0.15) is 0 Å². The van der Waals surface area contributed by atoms with E-state index in [-0.39, 0.29) is 0 Å². The van der Waals surface area contributed by atoms with Gasteiger partial charge in [0, 0.05) is 43.9 Å². The topological polar surface area (TPSA) is 33.7 Å². The number of hydrogen-bond donors (Lipinski definition) is 1. The van der Waals surface area contributed by atoms with Crippen molar-refractivity contribution in [2.75, 3.05) is 40.4 Å². The lowest BCUT2D eigenvalue weighted by atomic mass is 10.0. The third kappa shape index (κ3) is 3.19. The van der Waals surface area contributed by atoms with Crippen LogP contribution < -0.4 is 14.8 Å². The predicted octanol–water partition coefficient (Wildman–Crippen LogP) is 1.67. The summed E-state index contributed by atoms with van der Waals surface area (Å²) < 4.78 is 11.0. The number of piperazine rings is 1. The van der Waals surface area contributed by atoms with Crippen LogP contribution in [-0.4, -0.2) is 45.3 Å². The Bertz CT molecular complexity index is 415. The fourth-order valence-electron chi connectivity index (χ4n) is 2.67. The molecule has 0 radical (unpaired) electrons. The van der Waals surface area contributed by atoms with Gasteiger partial charge in [-0.3, -0.25) is 4.90 Å². The maximum atomic E-state index is 5.63. The van der Waals surface area contributed by atoms with Crippen LogP contribution in [0, 0.1) is 0 Å². The van der Waals surface area contributed by atoms with E-state index in [4.69, 9.17) is 9.47 Å². The molecule has 0 saturated carbocycles. The van der Waals surface area contributed by atoms with Gasteiger partial charge in [-0.25, -0.2) is 0 Å². The number of rotatable bonds is 5. The highest BCUT2D eigenvalue weighted by Crippen LogP contribution is 2.33. The lowest BCUT2D eigenvalue weighted by molar-refractivity contribution is 0.229. The summed E-state index contributed by atoms with van der Waals surface area (Å²) in [5.41, 5.74) is 2.42. The van der Waals surface area contributed by atoms with Crippen molar-refractivity contribution < 1.29 is 9.47 Å². The van der Waals surface area contributed by atoms with Gasteiger partial charge in [0.25, 0.3) is 0 Å². The van der Waals surface area contributed by atoms with Crippen LogP contribution in [0.25, 0.3) is 0 Å². The van der Waals surface area contributed by atoms with Gasteiger partial charge in [-0.1, -0.05) is 13.0 Å². The molecule has 0 unspecified atom stereocenters. The van der Waals surface area contributed by atoms with Gasteiger partial charge in [0.05, 0.1) is 14.2 Å². The van der Waals surface area contributed by atoms with Gasteiger partial charge in [-0.15, -0.1) is 0 Å². The van der Waals surface area contributed by atoms with E-state index >= 15 is 0 Å². The molecule has 19 heavy (non-hydrogen) atoms. The lowest BCUT2D eigenvalue weighted by Crippen LogP contribution is -2.42. The van der Waals surface area contributed by atoms with Crippen molar-refractivity contribution in [3.63, 3.8) is 0 Å². The van der Waals surface area contributed by atoms with Crippen molar-refractivity contribution in [3.8, 4) is 11.5 Å². The normalized spacial score (nSPS) is 16.4. The Hall–Kier alpha value is -1.26. The smallest absolute Gasteiger partial charge is 0.130 e. The molecule has 4 nitrogen and oxygen atoms in total. The van der Waals surface area contributed by atoms with E-state index in [0.717, 1.165) is 56.2 Å². The van der Waals surface area contributed by atoms with Crippen LogP contribution >= 0.6 is 0 Å². The number of methoxy groups -OCH3 is 2. The molecule has 1 heterocycles. The minimum absolute atomic E-state index is 0.918. The molecular formula is C15H24N2O2. The second kappa shape index (κ2) is 6.78. The molecule has 1 saturated heterocycles. The minimum atomic E-state index is 0.918. The molecular weight excluding hydrogens is 240 g/mol. The van der Waals surface area contributed by atoms with Gasteiger partial charge in [-0.05, 0) is 12.5 Å². The highest BCUT2D eigenvalue weighted by atomic mass is 16.5. The van der Waals surface area contributed by atoms with E-state index in [9.17, 15) is 0 Å². The van der Waals surface area contributed by atoms with E-state index in [1.54, 1.807) is 14.2 Å². The standard InChI is InChI=1S/C15H24N2O2/c1-4-13-14(18-2)6-5-12(15(13)19-3)11-17-9-7-16-8-10-17/h5-6,16H,4,7-11H2,1-3H3. The van der Waals surface area contributed by atoms with Crippen molar-refractivity contribution >= 4 is 0 Å². The first kappa shape index (κ1) is 14.2. The third-order valence-electron chi connectivity index (χ3n) is 3.68. The van der Waals surface area contributed by atoms with Crippen molar-refractivity contribution in [1.29, 1.82) is 0 Å². The summed E-state index contributed by atoms with van der Waals surface area (Å²) in [5, 5.41) is 3.38. The van der Waals surface area contributed by atoms with Crippen LogP contribution in [-0.2, 0) is 13.0 Å². The first-order valence-electron chi connectivity index (χ1n) is 6.96. The molecule has 0 atom stereocenters. The minimum Gasteiger partial charge on any atom is -0.496 e. The largest absolute Gasteiger partial charge is 0.496 e. The molecule has 0 bridgehead atoms. The first-order chi connectivity index (χ1) is 9.30. The number of benzene rings is 1. The van der Waals surface area contributed by atoms with Crippen molar-refractivity contribution in [1.82, 2.24) is 10.2 Å². The molecule has 1 aliphatic rings. The SMILES string of the molecule is CCc1c(OC)ccc(CN2CCNCC2)c1OC. The van der Waals surface area contributed by atoms with E-state index in [2.05, 4.69) is 29.3 Å². The summed E-state index contributed by atoms with van der Waals surface area (Å²) in [7, 11) is 3.46. The first-order valence-corrected chi connectivity index (χ1v) is 6.96. The summed E-state index contributed by atoms with van der Waals surface area (Å²) >= 11 is 0. The number of nitrogens with one attached hydrogen (secondary N) is 1. The molecule has 0 spiro atoms. The molecule has 4 heteroatoms. The maximum absolute atomic E-state index is 5.63. The van der Waals surface area contributed by atoms with E-state index in [0.29, 0.717) is 0 Å². The molecule has 1 aromatic carbocycles. The van der Waals surface area contributed by atoms with Gasteiger partial charge < -0.3 is 14.8 Å². The highest BCUT2D eigenvalue weighted by molar-refractivity contribution is 5.50. The molecule has 106 valence electrons. The van der Waals surface area contributed by atoms with Crippen LogP contribution in [0.15, 0.2) is 12.1 Å². The Labute approximate surface area is 115 Å².